The van der Waals surface area contributed by atoms with Crippen molar-refractivity contribution in [2.45, 2.75) is 13.3 Å². The Balaban J connectivity index is 1.66. The molecular formula is C15H15ClN4O3. The van der Waals surface area contributed by atoms with Gasteiger partial charge in [-0.1, -0.05) is 18.5 Å². The van der Waals surface area contributed by atoms with E-state index in [0.717, 1.165) is 6.42 Å². The van der Waals surface area contributed by atoms with Crippen LogP contribution in [0.2, 0.25) is 5.02 Å². The summed E-state index contributed by atoms with van der Waals surface area (Å²) in [5, 5.41) is 7.17. The maximum atomic E-state index is 12.0. The number of anilines is 1. The molecule has 0 spiro atoms. The molecule has 3 rings (SSSR count). The molecule has 1 N–H and O–H groups in total. The van der Waals surface area contributed by atoms with E-state index in [1.807, 2.05) is 6.92 Å². The van der Waals surface area contributed by atoms with Crippen LogP contribution in [0, 0.1) is 11.8 Å². The number of carbonyl (C=O) groups is 2. The Morgan fingerprint density at radius 3 is 2.91 bits per heavy atom. The van der Waals surface area contributed by atoms with Crippen LogP contribution in [0.1, 0.15) is 13.3 Å². The van der Waals surface area contributed by atoms with E-state index in [1.54, 1.807) is 18.2 Å². The topological polar surface area (TPSA) is 86.1 Å². The van der Waals surface area contributed by atoms with E-state index < -0.39 is 5.91 Å². The van der Waals surface area contributed by atoms with Gasteiger partial charge in [-0.05, 0) is 30.5 Å². The van der Waals surface area contributed by atoms with E-state index in [-0.39, 0.29) is 18.5 Å². The number of hydrogen-bond donors (Lipinski definition) is 1. The molecule has 1 aromatic carbocycles. The number of amides is 1. The largest absolute Gasteiger partial charge is 0.455 e. The lowest BCUT2D eigenvalue weighted by Crippen LogP contribution is -2.22. The first-order chi connectivity index (χ1) is 11.0. The molecule has 0 saturated heterocycles. The number of carbonyl (C=O) groups excluding carboxylic acids is 2. The summed E-state index contributed by atoms with van der Waals surface area (Å²) < 4.78 is 6.52. The van der Waals surface area contributed by atoms with Gasteiger partial charge in [0, 0.05) is 5.02 Å². The highest BCUT2D eigenvalue weighted by Gasteiger charge is 2.40. The molecular weight excluding hydrogens is 320 g/mol. The van der Waals surface area contributed by atoms with Crippen molar-refractivity contribution in [2.24, 2.45) is 11.8 Å². The predicted molar refractivity (Wildman–Crippen MR) is 83.2 cm³/mol. The minimum atomic E-state index is -0.435. The number of ether oxygens (including phenoxy) is 1. The summed E-state index contributed by atoms with van der Waals surface area (Å²) in [6.45, 7) is 1.65. The molecule has 1 aliphatic carbocycles. The fourth-order valence-corrected chi connectivity index (χ4v) is 2.39. The standard InChI is InChI=1S/C15H15ClN4O3/c1-9-4-11(9)15(22)23-6-14(21)19-12-5-10(16)2-3-13(12)20-8-17-7-18-20/h2-3,5,7-9,11H,4,6H2,1H3,(H,19,21)/t9-,11-/m0/s1. The predicted octanol–water partition coefficient (Wildman–Crippen LogP) is 2.06. The van der Waals surface area contributed by atoms with Crippen molar-refractivity contribution in [3.8, 4) is 5.69 Å². The van der Waals surface area contributed by atoms with Crippen molar-refractivity contribution in [1.29, 1.82) is 0 Å². The molecule has 8 heteroatoms. The molecule has 1 saturated carbocycles. The van der Waals surface area contributed by atoms with Gasteiger partial charge in [-0.2, -0.15) is 5.10 Å². The average molecular weight is 335 g/mol. The summed E-state index contributed by atoms with van der Waals surface area (Å²) >= 11 is 5.97. The smallest absolute Gasteiger partial charge is 0.309 e. The molecule has 1 amide bonds. The van der Waals surface area contributed by atoms with E-state index >= 15 is 0 Å². The number of benzene rings is 1. The summed E-state index contributed by atoms with van der Waals surface area (Å²) in [5.74, 6) is -0.484. The van der Waals surface area contributed by atoms with Crippen molar-refractivity contribution in [3.63, 3.8) is 0 Å². The molecule has 120 valence electrons. The van der Waals surface area contributed by atoms with Crippen LogP contribution in [0.3, 0.4) is 0 Å². The number of nitrogens with zero attached hydrogens (tertiary/aromatic N) is 3. The monoisotopic (exact) mass is 334 g/mol. The van der Waals surface area contributed by atoms with E-state index in [4.69, 9.17) is 16.3 Å². The van der Waals surface area contributed by atoms with Gasteiger partial charge < -0.3 is 10.1 Å². The summed E-state index contributed by atoms with van der Waals surface area (Å²) in [5.41, 5.74) is 1.08. The molecule has 0 bridgehead atoms. The first kappa shape index (κ1) is 15.5. The van der Waals surface area contributed by atoms with Gasteiger partial charge in [-0.3, -0.25) is 9.59 Å². The fourth-order valence-electron chi connectivity index (χ4n) is 2.22. The zero-order chi connectivity index (χ0) is 16.4. The van der Waals surface area contributed by atoms with Crippen LogP contribution in [0.5, 0.6) is 0 Å². The van der Waals surface area contributed by atoms with Crippen molar-refractivity contribution < 1.29 is 14.3 Å². The minimum absolute atomic E-state index is 0.0697. The van der Waals surface area contributed by atoms with Crippen LogP contribution >= 0.6 is 11.6 Å². The highest BCUT2D eigenvalue weighted by atomic mass is 35.5. The highest BCUT2D eigenvalue weighted by molar-refractivity contribution is 6.31. The molecule has 0 radical (unpaired) electrons. The molecule has 2 atom stereocenters. The van der Waals surface area contributed by atoms with Crippen LogP contribution in [0.15, 0.2) is 30.9 Å². The Hall–Kier alpha value is -2.41. The number of halogens is 1. The lowest BCUT2D eigenvalue weighted by atomic mass is 10.2. The van der Waals surface area contributed by atoms with Crippen LogP contribution < -0.4 is 5.32 Å². The summed E-state index contributed by atoms with van der Waals surface area (Å²) in [6.07, 6.45) is 3.72. The number of aromatic nitrogens is 3. The molecule has 1 aromatic heterocycles. The maximum Gasteiger partial charge on any atom is 0.309 e. The zero-order valence-electron chi connectivity index (χ0n) is 12.4. The quantitative estimate of drug-likeness (QED) is 0.846. The molecule has 1 aliphatic rings. The second-order valence-electron chi connectivity index (χ2n) is 5.48. The van der Waals surface area contributed by atoms with Gasteiger partial charge in [-0.15, -0.1) is 0 Å². The molecule has 0 aliphatic heterocycles. The lowest BCUT2D eigenvalue weighted by molar-refractivity contribution is -0.148. The maximum absolute atomic E-state index is 12.0. The molecule has 1 heterocycles. The third-order valence-electron chi connectivity index (χ3n) is 3.66. The number of esters is 1. The van der Waals surface area contributed by atoms with E-state index in [0.29, 0.717) is 22.3 Å². The Bertz CT molecular complexity index is 732. The third kappa shape index (κ3) is 3.68. The molecule has 23 heavy (non-hydrogen) atoms. The third-order valence-corrected chi connectivity index (χ3v) is 3.89. The summed E-state index contributed by atoms with van der Waals surface area (Å²) in [6, 6.07) is 4.99. The van der Waals surface area contributed by atoms with Gasteiger partial charge in [0.05, 0.1) is 17.3 Å². The van der Waals surface area contributed by atoms with Crippen molar-refractivity contribution in [3.05, 3.63) is 35.9 Å². The van der Waals surface area contributed by atoms with Gasteiger partial charge in [0.1, 0.15) is 12.7 Å². The van der Waals surface area contributed by atoms with Gasteiger partial charge in [0.25, 0.3) is 5.91 Å². The van der Waals surface area contributed by atoms with Crippen LogP contribution in [-0.2, 0) is 14.3 Å². The van der Waals surface area contributed by atoms with Crippen LogP contribution in [0.4, 0.5) is 5.69 Å². The van der Waals surface area contributed by atoms with Crippen molar-refractivity contribution >= 4 is 29.2 Å². The van der Waals surface area contributed by atoms with Crippen LogP contribution in [-0.4, -0.2) is 33.2 Å². The van der Waals surface area contributed by atoms with Gasteiger partial charge in [-0.25, -0.2) is 9.67 Å². The molecule has 1 fully saturated rings. The van der Waals surface area contributed by atoms with E-state index in [1.165, 1.54) is 17.3 Å². The number of hydrogen-bond acceptors (Lipinski definition) is 5. The first-order valence-electron chi connectivity index (χ1n) is 7.15. The van der Waals surface area contributed by atoms with Gasteiger partial charge in [0.15, 0.2) is 6.61 Å². The molecule has 2 aromatic rings. The minimum Gasteiger partial charge on any atom is -0.455 e. The SMILES string of the molecule is C[C@H]1C[C@@H]1C(=O)OCC(=O)Nc1cc(Cl)ccc1-n1cncn1. The van der Waals surface area contributed by atoms with Crippen molar-refractivity contribution in [1.82, 2.24) is 14.8 Å². The van der Waals surface area contributed by atoms with Crippen molar-refractivity contribution in [2.75, 3.05) is 11.9 Å². The number of rotatable bonds is 5. The normalized spacial score (nSPS) is 19.2. The van der Waals surface area contributed by atoms with Gasteiger partial charge in [0.2, 0.25) is 0 Å². The Morgan fingerprint density at radius 2 is 2.26 bits per heavy atom. The Labute approximate surface area is 137 Å². The average Bonchev–Trinajstić information content (AvgIpc) is 3.01. The molecule has 0 unspecified atom stereocenters. The molecule has 7 nitrogen and oxygen atoms in total. The second-order valence-corrected chi connectivity index (χ2v) is 5.91. The van der Waals surface area contributed by atoms with E-state index in [9.17, 15) is 9.59 Å². The fraction of sp³-hybridized carbons (Fsp3) is 0.333. The Morgan fingerprint density at radius 1 is 1.48 bits per heavy atom. The second kappa shape index (κ2) is 6.37. The lowest BCUT2D eigenvalue weighted by Gasteiger charge is -2.11. The highest BCUT2D eigenvalue weighted by Crippen LogP contribution is 2.38. The van der Waals surface area contributed by atoms with Crippen LogP contribution in [0.25, 0.3) is 5.69 Å². The Kier molecular flexibility index (Phi) is 4.29. The summed E-state index contributed by atoms with van der Waals surface area (Å²) in [7, 11) is 0. The summed E-state index contributed by atoms with van der Waals surface area (Å²) in [4.78, 5) is 27.5. The van der Waals surface area contributed by atoms with Gasteiger partial charge >= 0.3 is 5.97 Å². The first-order valence-corrected chi connectivity index (χ1v) is 7.53. The number of nitrogens with one attached hydrogen (secondary N) is 1. The zero-order valence-corrected chi connectivity index (χ0v) is 13.2. The van der Waals surface area contributed by atoms with E-state index in [2.05, 4.69) is 15.4 Å².